The number of thioether (sulfide) groups is 1. The molecule has 8 nitrogen and oxygen atoms in total. The van der Waals surface area contributed by atoms with E-state index >= 15 is 0 Å². The Morgan fingerprint density at radius 1 is 0.800 bits per heavy atom. The number of rotatable bonds is 9. The maximum Gasteiger partial charge on any atom is 0.266 e. The van der Waals surface area contributed by atoms with E-state index in [2.05, 4.69) is 0 Å². The number of fused-ring (bicyclic) bond motifs is 1. The molecule has 0 amide bonds. The molecule has 0 aliphatic heterocycles. The summed E-state index contributed by atoms with van der Waals surface area (Å²) >= 11 is 1.43. The number of methoxy groups -OCH3 is 5. The molecular weight excluding hydrogens is 468 g/mol. The Kier molecular flexibility index (Phi) is 7.36. The molecule has 35 heavy (non-hydrogen) atoms. The molecule has 0 saturated carbocycles. The summed E-state index contributed by atoms with van der Waals surface area (Å²) in [6, 6.07) is 16.7. The lowest BCUT2D eigenvalue weighted by Crippen LogP contribution is -2.22. The molecule has 4 aromatic rings. The Hall–Kier alpha value is -3.85. The fourth-order valence-electron chi connectivity index (χ4n) is 3.75. The summed E-state index contributed by atoms with van der Waals surface area (Å²) in [6.45, 7) is 0. The van der Waals surface area contributed by atoms with E-state index in [1.54, 1.807) is 30.9 Å². The van der Waals surface area contributed by atoms with E-state index in [0.717, 1.165) is 11.3 Å². The summed E-state index contributed by atoms with van der Waals surface area (Å²) in [5, 5.41) is 0.831. The lowest BCUT2D eigenvalue weighted by molar-refractivity contribution is 0.326. The van der Waals surface area contributed by atoms with Crippen molar-refractivity contribution in [2.45, 2.75) is 10.9 Å². The molecule has 0 fully saturated rings. The first-order chi connectivity index (χ1) is 17.0. The van der Waals surface area contributed by atoms with Crippen molar-refractivity contribution in [3.63, 3.8) is 0 Å². The smallest absolute Gasteiger partial charge is 0.266 e. The van der Waals surface area contributed by atoms with Gasteiger partial charge in [-0.2, -0.15) is 0 Å². The molecule has 0 aliphatic carbocycles. The van der Waals surface area contributed by atoms with Crippen molar-refractivity contribution in [2.24, 2.45) is 0 Å². The van der Waals surface area contributed by atoms with Gasteiger partial charge >= 0.3 is 0 Å². The molecule has 4 rings (SSSR count). The van der Waals surface area contributed by atoms with Crippen LogP contribution in [0, 0.1) is 0 Å². The number of hydrogen-bond donors (Lipinski definition) is 0. The number of hydrogen-bond acceptors (Lipinski definition) is 8. The lowest BCUT2D eigenvalue weighted by atomic mass is 10.2. The summed E-state index contributed by atoms with van der Waals surface area (Å²) in [5.74, 6) is 3.04. The molecule has 0 saturated heterocycles. The first-order valence-electron chi connectivity index (χ1n) is 10.7. The van der Waals surface area contributed by atoms with Crippen LogP contribution in [0.3, 0.4) is 0 Å². The van der Waals surface area contributed by atoms with Gasteiger partial charge in [-0.05, 0) is 35.9 Å². The quantitative estimate of drug-likeness (QED) is 0.244. The van der Waals surface area contributed by atoms with Gasteiger partial charge in [0.1, 0.15) is 17.0 Å². The van der Waals surface area contributed by atoms with Crippen LogP contribution in [0.25, 0.3) is 16.6 Å². The van der Waals surface area contributed by atoms with Crippen molar-refractivity contribution in [1.82, 2.24) is 9.55 Å². The van der Waals surface area contributed by atoms with Gasteiger partial charge in [-0.15, -0.1) is 0 Å². The zero-order valence-corrected chi connectivity index (χ0v) is 21.0. The highest BCUT2D eigenvalue weighted by molar-refractivity contribution is 7.98. The fraction of sp³-hybridized carbons (Fsp3) is 0.231. The molecule has 0 aliphatic rings. The fourth-order valence-corrected chi connectivity index (χ4v) is 4.70. The molecule has 0 spiro atoms. The first kappa shape index (κ1) is 24.3. The third kappa shape index (κ3) is 4.72. The maximum absolute atomic E-state index is 13.9. The highest BCUT2D eigenvalue weighted by Gasteiger charge is 2.23. The Morgan fingerprint density at radius 2 is 1.49 bits per heavy atom. The second-order valence-corrected chi connectivity index (χ2v) is 8.36. The normalized spacial score (nSPS) is 10.8. The van der Waals surface area contributed by atoms with Crippen LogP contribution in [0.15, 0.2) is 64.5 Å². The van der Waals surface area contributed by atoms with Crippen LogP contribution in [0.2, 0.25) is 0 Å². The van der Waals surface area contributed by atoms with Crippen LogP contribution in [0.4, 0.5) is 0 Å². The van der Waals surface area contributed by atoms with Gasteiger partial charge in [0.05, 0.1) is 46.6 Å². The third-order valence-corrected chi connectivity index (χ3v) is 6.46. The van der Waals surface area contributed by atoms with Crippen LogP contribution in [-0.2, 0) is 5.75 Å². The van der Waals surface area contributed by atoms with E-state index in [4.69, 9.17) is 28.7 Å². The molecule has 0 unspecified atom stereocenters. The van der Waals surface area contributed by atoms with E-state index in [9.17, 15) is 4.79 Å². The molecular formula is C26H26N2O6S. The molecule has 3 aromatic carbocycles. The van der Waals surface area contributed by atoms with Gasteiger partial charge in [0.2, 0.25) is 5.75 Å². The first-order valence-corrected chi connectivity index (χ1v) is 11.7. The minimum atomic E-state index is -0.268. The van der Waals surface area contributed by atoms with Crippen molar-refractivity contribution in [3.05, 3.63) is 70.5 Å². The van der Waals surface area contributed by atoms with Gasteiger partial charge in [0.25, 0.3) is 5.56 Å². The van der Waals surface area contributed by atoms with Crippen LogP contribution < -0.4 is 29.2 Å². The standard InChI is InChI=1S/C26H26N2O6S/c1-30-18-10-6-8-16(12-18)15-35-26-27-22-20(14-21(32-3)23(33-4)24(22)34-5)25(29)28(26)17-9-7-11-19(13-17)31-2/h6-14H,15H2,1-5H3. The summed E-state index contributed by atoms with van der Waals surface area (Å²) in [4.78, 5) is 18.8. The summed E-state index contributed by atoms with van der Waals surface area (Å²) < 4.78 is 28.9. The van der Waals surface area contributed by atoms with Crippen molar-refractivity contribution in [2.75, 3.05) is 35.5 Å². The number of aromatic nitrogens is 2. The van der Waals surface area contributed by atoms with Crippen LogP contribution in [0.1, 0.15) is 5.56 Å². The van der Waals surface area contributed by atoms with Crippen molar-refractivity contribution >= 4 is 22.7 Å². The van der Waals surface area contributed by atoms with Crippen LogP contribution >= 0.6 is 11.8 Å². The summed E-state index contributed by atoms with van der Waals surface area (Å²) in [6.07, 6.45) is 0. The molecule has 9 heteroatoms. The number of ether oxygens (including phenoxy) is 5. The second kappa shape index (κ2) is 10.6. The molecule has 0 bridgehead atoms. The van der Waals surface area contributed by atoms with Gasteiger partial charge in [-0.25, -0.2) is 4.98 Å². The predicted molar refractivity (Wildman–Crippen MR) is 136 cm³/mol. The van der Waals surface area contributed by atoms with Crippen molar-refractivity contribution in [3.8, 4) is 34.4 Å². The Balaban J connectivity index is 1.96. The van der Waals surface area contributed by atoms with E-state index < -0.39 is 0 Å². The van der Waals surface area contributed by atoms with E-state index in [-0.39, 0.29) is 5.56 Å². The zero-order chi connectivity index (χ0) is 24.9. The minimum Gasteiger partial charge on any atom is -0.497 e. The Labute approximate surface area is 207 Å². The monoisotopic (exact) mass is 494 g/mol. The van der Waals surface area contributed by atoms with Crippen molar-refractivity contribution < 1.29 is 23.7 Å². The Morgan fingerprint density at radius 3 is 2.14 bits per heavy atom. The summed E-state index contributed by atoms with van der Waals surface area (Å²) in [5.41, 5.74) is 1.78. The predicted octanol–water partition coefficient (Wildman–Crippen LogP) is 4.72. The molecule has 1 heterocycles. The average Bonchev–Trinajstić information content (AvgIpc) is 2.90. The zero-order valence-electron chi connectivity index (χ0n) is 20.2. The van der Waals surface area contributed by atoms with Gasteiger partial charge < -0.3 is 23.7 Å². The second-order valence-electron chi connectivity index (χ2n) is 7.42. The highest BCUT2D eigenvalue weighted by atomic mass is 32.2. The van der Waals surface area contributed by atoms with Gasteiger partial charge in [0.15, 0.2) is 16.7 Å². The van der Waals surface area contributed by atoms with Crippen molar-refractivity contribution in [1.29, 1.82) is 0 Å². The maximum atomic E-state index is 13.9. The minimum absolute atomic E-state index is 0.268. The van der Waals surface area contributed by atoms with Gasteiger partial charge in [-0.1, -0.05) is 30.0 Å². The number of benzene rings is 3. The van der Waals surface area contributed by atoms with Crippen LogP contribution in [0.5, 0.6) is 28.7 Å². The Bertz CT molecular complexity index is 1420. The van der Waals surface area contributed by atoms with E-state index in [1.165, 1.54) is 33.1 Å². The van der Waals surface area contributed by atoms with E-state index in [0.29, 0.717) is 50.5 Å². The van der Waals surface area contributed by atoms with Gasteiger partial charge in [0, 0.05) is 11.8 Å². The van der Waals surface area contributed by atoms with Crippen LogP contribution in [-0.4, -0.2) is 45.1 Å². The molecule has 0 N–H and O–H groups in total. The third-order valence-electron chi connectivity index (χ3n) is 5.45. The largest absolute Gasteiger partial charge is 0.497 e. The molecule has 0 radical (unpaired) electrons. The topological polar surface area (TPSA) is 81.0 Å². The lowest BCUT2D eigenvalue weighted by Gasteiger charge is -2.18. The number of nitrogens with zero attached hydrogens (tertiary/aromatic N) is 2. The molecule has 1 aromatic heterocycles. The molecule has 0 atom stereocenters. The SMILES string of the molecule is COc1cccc(CSc2nc3c(OC)c(OC)c(OC)cc3c(=O)n2-c2cccc(OC)c2)c1. The molecule has 182 valence electrons. The highest BCUT2D eigenvalue weighted by Crippen LogP contribution is 2.42. The summed E-state index contributed by atoms with van der Waals surface area (Å²) in [7, 11) is 7.75. The van der Waals surface area contributed by atoms with E-state index in [1.807, 2.05) is 42.5 Å². The van der Waals surface area contributed by atoms with Gasteiger partial charge in [-0.3, -0.25) is 9.36 Å². The average molecular weight is 495 g/mol.